The van der Waals surface area contributed by atoms with Gasteiger partial charge in [0.2, 0.25) is 0 Å². The van der Waals surface area contributed by atoms with Gasteiger partial charge in [0, 0.05) is 12.1 Å². The zero-order valence-electron chi connectivity index (χ0n) is 15.4. The molecule has 0 amide bonds. The van der Waals surface area contributed by atoms with Gasteiger partial charge in [-0.05, 0) is 29.8 Å². The van der Waals surface area contributed by atoms with Crippen molar-refractivity contribution in [2.45, 2.75) is 12.9 Å². The Morgan fingerprint density at radius 3 is 2.55 bits per heavy atom. The molecule has 2 aromatic carbocycles. The van der Waals surface area contributed by atoms with E-state index in [1.54, 1.807) is 6.07 Å². The summed E-state index contributed by atoms with van der Waals surface area (Å²) < 4.78 is 43.1. The van der Waals surface area contributed by atoms with Crippen LogP contribution in [0.3, 0.4) is 0 Å². The van der Waals surface area contributed by atoms with Gasteiger partial charge in [-0.3, -0.25) is 19.5 Å². The monoisotopic (exact) mass is 432 g/mol. The summed E-state index contributed by atoms with van der Waals surface area (Å²) in [7, 11) is 0. The maximum atomic E-state index is 12.7. The molecular formula is C18H11F3N6O4. The Hall–Kier alpha value is -4.29. The van der Waals surface area contributed by atoms with E-state index in [9.17, 15) is 28.1 Å². The van der Waals surface area contributed by atoms with Gasteiger partial charge in [0.25, 0.3) is 11.2 Å². The van der Waals surface area contributed by atoms with Gasteiger partial charge in [0.05, 0.1) is 17.2 Å². The van der Waals surface area contributed by atoms with Crippen molar-refractivity contribution in [2.24, 2.45) is 0 Å². The van der Waals surface area contributed by atoms with Crippen molar-refractivity contribution >= 4 is 16.9 Å². The number of nitro benzene ring substituents is 1. The predicted molar refractivity (Wildman–Crippen MR) is 99.8 cm³/mol. The number of rotatable bonds is 5. The Kier molecular flexibility index (Phi) is 4.85. The molecule has 0 N–H and O–H groups in total. The number of nitrogens with zero attached hydrogens (tertiary/aromatic N) is 6. The van der Waals surface area contributed by atoms with Crippen LogP contribution in [0.2, 0.25) is 0 Å². The summed E-state index contributed by atoms with van der Waals surface area (Å²) in [6, 6.07) is 10.6. The molecule has 0 radical (unpaired) electrons. The Labute approximate surface area is 170 Å². The number of ether oxygens (including phenoxy) is 1. The first kappa shape index (κ1) is 20.0. The molecule has 0 saturated heterocycles. The van der Waals surface area contributed by atoms with E-state index in [2.05, 4.69) is 20.0 Å². The molecular weight excluding hydrogens is 421 g/mol. The summed E-state index contributed by atoms with van der Waals surface area (Å²) in [5.41, 5.74) is 0.238. The van der Waals surface area contributed by atoms with E-state index in [0.29, 0.717) is 11.3 Å². The average molecular weight is 432 g/mol. The minimum Gasteiger partial charge on any atom is -0.406 e. The third-order valence-electron chi connectivity index (χ3n) is 4.22. The first-order valence-corrected chi connectivity index (χ1v) is 8.62. The van der Waals surface area contributed by atoms with Crippen molar-refractivity contribution in [3.05, 3.63) is 80.9 Å². The summed E-state index contributed by atoms with van der Waals surface area (Å²) in [6.07, 6.45) is -3.57. The van der Waals surface area contributed by atoms with Crippen molar-refractivity contribution in [3.8, 4) is 11.4 Å². The van der Waals surface area contributed by atoms with Crippen LogP contribution in [0.25, 0.3) is 16.9 Å². The molecule has 0 aliphatic rings. The van der Waals surface area contributed by atoms with E-state index in [1.807, 2.05) is 0 Å². The van der Waals surface area contributed by atoms with Gasteiger partial charge in [-0.15, -0.1) is 18.3 Å². The Morgan fingerprint density at radius 1 is 1.13 bits per heavy atom. The van der Waals surface area contributed by atoms with E-state index >= 15 is 0 Å². The quantitative estimate of drug-likeness (QED) is 0.351. The topological polar surface area (TPSA) is 118 Å². The van der Waals surface area contributed by atoms with E-state index in [1.165, 1.54) is 45.9 Å². The fraction of sp³-hybridized carbons (Fsp3) is 0.111. The summed E-state index contributed by atoms with van der Waals surface area (Å²) in [5, 5.41) is 18.6. The second-order valence-corrected chi connectivity index (χ2v) is 6.32. The maximum absolute atomic E-state index is 12.7. The van der Waals surface area contributed by atoms with Crippen LogP contribution in [0, 0.1) is 10.1 Å². The number of alkyl halides is 3. The maximum Gasteiger partial charge on any atom is 0.573 e. The van der Waals surface area contributed by atoms with Crippen LogP contribution in [-0.2, 0) is 6.54 Å². The van der Waals surface area contributed by atoms with Crippen LogP contribution in [-0.4, -0.2) is 35.8 Å². The number of hydrogen-bond acceptors (Lipinski definition) is 7. The molecule has 0 spiro atoms. The molecule has 2 heterocycles. The normalized spacial score (nSPS) is 11.6. The van der Waals surface area contributed by atoms with Gasteiger partial charge in [-0.1, -0.05) is 17.3 Å². The smallest absolute Gasteiger partial charge is 0.406 e. The molecule has 0 saturated carbocycles. The van der Waals surface area contributed by atoms with Gasteiger partial charge in [0.1, 0.15) is 12.1 Å². The van der Waals surface area contributed by atoms with Crippen LogP contribution in [0.1, 0.15) is 5.56 Å². The Morgan fingerprint density at radius 2 is 1.87 bits per heavy atom. The van der Waals surface area contributed by atoms with E-state index in [4.69, 9.17) is 0 Å². The zero-order chi connectivity index (χ0) is 22.2. The van der Waals surface area contributed by atoms with Gasteiger partial charge >= 0.3 is 6.36 Å². The van der Waals surface area contributed by atoms with Crippen molar-refractivity contribution in [1.29, 1.82) is 0 Å². The van der Waals surface area contributed by atoms with Crippen LogP contribution in [0.4, 0.5) is 18.9 Å². The largest absolute Gasteiger partial charge is 0.573 e. The highest BCUT2D eigenvalue weighted by molar-refractivity contribution is 5.70. The predicted octanol–water partition coefficient (Wildman–Crippen LogP) is 2.83. The van der Waals surface area contributed by atoms with E-state index in [-0.39, 0.29) is 23.4 Å². The van der Waals surface area contributed by atoms with Crippen molar-refractivity contribution < 1.29 is 22.8 Å². The first-order chi connectivity index (χ1) is 14.7. The van der Waals surface area contributed by atoms with Crippen molar-refractivity contribution in [3.63, 3.8) is 0 Å². The highest BCUT2D eigenvalue weighted by Gasteiger charge is 2.31. The third kappa shape index (κ3) is 4.19. The van der Waals surface area contributed by atoms with Crippen LogP contribution in [0.5, 0.6) is 5.75 Å². The molecule has 13 heteroatoms. The first-order valence-electron chi connectivity index (χ1n) is 8.62. The summed E-state index contributed by atoms with van der Waals surface area (Å²) in [4.78, 5) is 27.3. The second kappa shape index (κ2) is 7.51. The fourth-order valence-corrected chi connectivity index (χ4v) is 2.88. The highest BCUT2D eigenvalue weighted by Crippen LogP contribution is 2.24. The Balaban J connectivity index is 1.65. The van der Waals surface area contributed by atoms with Crippen LogP contribution < -0.4 is 10.3 Å². The second-order valence-electron chi connectivity index (χ2n) is 6.32. The average Bonchev–Trinajstić information content (AvgIpc) is 3.14. The van der Waals surface area contributed by atoms with E-state index in [0.717, 1.165) is 12.1 Å². The molecule has 4 aromatic rings. The van der Waals surface area contributed by atoms with E-state index < -0.39 is 22.6 Å². The minimum atomic E-state index is -4.81. The number of nitro groups is 1. The molecule has 0 fully saturated rings. The molecule has 2 aromatic heterocycles. The van der Waals surface area contributed by atoms with Crippen LogP contribution >= 0.6 is 0 Å². The number of non-ortho nitro benzene ring substituents is 1. The lowest BCUT2D eigenvalue weighted by atomic mass is 10.2. The van der Waals surface area contributed by atoms with Crippen molar-refractivity contribution in [2.75, 3.05) is 0 Å². The molecule has 0 bridgehead atoms. The molecule has 0 aliphatic heterocycles. The lowest BCUT2D eigenvalue weighted by molar-refractivity contribution is -0.384. The molecule has 0 atom stereocenters. The zero-order valence-corrected chi connectivity index (χ0v) is 15.4. The van der Waals surface area contributed by atoms with Gasteiger partial charge in [-0.2, -0.15) is 4.68 Å². The lowest BCUT2D eigenvalue weighted by Crippen LogP contribution is -2.21. The molecule has 158 valence electrons. The third-order valence-corrected chi connectivity index (χ3v) is 4.22. The molecule has 0 aliphatic carbocycles. The van der Waals surface area contributed by atoms with Gasteiger partial charge in [-0.25, -0.2) is 4.98 Å². The van der Waals surface area contributed by atoms with Gasteiger partial charge < -0.3 is 4.74 Å². The van der Waals surface area contributed by atoms with Gasteiger partial charge in [0.15, 0.2) is 11.2 Å². The fourth-order valence-electron chi connectivity index (χ4n) is 2.88. The molecule has 10 nitrogen and oxygen atoms in total. The highest BCUT2D eigenvalue weighted by atomic mass is 19.4. The summed E-state index contributed by atoms with van der Waals surface area (Å²) in [6.45, 7) is 0.0276. The number of aromatic nitrogens is 5. The van der Waals surface area contributed by atoms with Crippen molar-refractivity contribution in [1.82, 2.24) is 24.5 Å². The SMILES string of the molecule is O=c1c2nnn(-c3ccc(OC(F)(F)F)cc3)c2ncn1Cc1cccc([N+](=O)[O-])c1. The Bertz CT molecular complexity index is 1330. The number of fused-ring (bicyclic) bond motifs is 1. The standard InChI is InChI=1S/C18H11F3N6O4/c19-18(20,21)31-14-6-4-12(5-7-14)26-16-15(23-24-26)17(28)25(10-22-16)9-11-2-1-3-13(8-11)27(29)30/h1-8,10H,9H2. The number of benzene rings is 2. The van der Waals surface area contributed by atoms with Crippen LogP contribution in [0.15, 0.2) is 59.7 Å². The summed E-state index contributed by atoms with van der Waals surface area (Å²) >= 11 is 0. The summed E-state index contributed by atoms with van der Waals surface area (Å²) in [5.74, 6) is -0.409. The number of hydrogen-bond donors (Lipinski definition) is 0. The molecule has 0 unspecified atom stereocenters. The molecule has 4 rings (SSSR count). The minimum absolute atomic E-state index is 0.0276. The lowest BCUT2D eigenvalue weighted by Gasteiger charge is -2.09. The number of halogens is 3. The molecule has 31 heavy (non-hydrogen) atoms.